The van der Waals surface area contributed by atoms with Gasteiger partial charge in [0.05, 0.1) is 7.11 Å². The molecule has 0 bridgehead atoms. The van der Waals surface area contributed by atoms with Crippen LogP contribution in [-0.2, 0) is 0 Å². The largest absolute Gasteiger partial charge is 0.497 e. The van der Waals surface area contributed by atoms with Crippen LogP contribution < -0.4 is 10.1 Å². The number of hydrogen-bond donors (Lipinski definition) is 1. The summed E-state index contributed by atoms with van der Waals surface area (Å²) in [7, 11) is 1.58. The van der Waals surface area contributed by atoms with Crippen molar-refractivity contribution in [3.05, 3.63) is 29.8 Å². The standard InChI is InChI=1S/C13H18ClNO2/c1-10(6-7-14)9-15-13(16)11-4-3-5-12(8-11)17-2/h3-5,8,10H,6-7,9H2,1-2H3,(H,15,16). The van der Waals surface area contributed by atoms with E-state index < -0.39 is 0 Å². The summed E-state index contributed by atoms with van der Waals surface area (Å²) in [6, 6.07) is 7.11. The fourth-order valence-electron chi connectivity index (χ4n) is 1.42. The van der Waals surface area contributed by atoms with Gasteiger partial charge >= 0.3 is 0 Å². The Hall–Kier alpha value is -1.22. The molecule has 0 fully saturated rings. The second-order valence-corrected chi connectivity index (χ2v) is 4.40. The van der Waals surface area contributed by atoms with Crippen molar-refractivity contribution in [3.63, 3.8) is 0 Å². The molecule has 1 aromatic carbocycles. The Balaban J connectivity index is 2.51. The summed E-state index contributed by atoms with van der Waals surface area (Å²) in [4.78, 5) is 11.8. The minimum absolute atomic E-state index is 0.0784. The van der Waals surface area contributed by atoms with Crippen LogP contribution in [0.3, 0.4) is 0 Å². The molecule has 3 nitrogen and oxygen atoms in total. The van der Waals surface area contributed by atoms with Gasteiger partial charge in [0.25, 0.3) is 5.91 Å². The zero-order valence-electron chi connectivity index (χ0n) is 10.2. The fraction of sp³-hybridized carbons (Fsp3) is 0.462. The molecular weight excluding hydrogens is 238 g/mol. The minimum Gasteiger partial charge on any atom is -0.497 e. The van der Waals surface area contributed by atoms with Crippen LogP contribution in [0.2, 0.25) is 0 Å². The first-order chi connectivity index (χ1) is 8.17. The molecule has 0 aromatic heterocycles. The van der Waals surface area contributed by atoms with Crippen molar-refractivity contribution in [2.24, 2.45) is 5.92 Å². The Kier molecular flexibility index (Phi) is 5.84. The number of halogens is 1. The monoisotopic (exact) mass is 255 g/mol. The van der Waals surface area contributed by atoms with Gasteiger partial charge in [-0.2, -0.15) is 0 Å². The molecule has 17 heavy (non-hydrogen) atoms. The lowest BCUT2D eigenvalue weighted by Gasteiger charge is -2.11. The van der Waals surface area contributed by atoms with E-state index in [1.54, 1.807) is 25.3 Å². The third-order valence-electron chi connectivity index (χ3n) is 2.54. The molecule has 1 unspecified atom stereocenters. The molecule has 1 aromatic rings. The summed E-state index contributed by atoms with van der Waals surface area (Å²) in [5, 5.41) is 2.88. The van der Waals surface area contributed by atoms with E-state index in [2.05, 4.69) is 12.2 Å². The normalized spacial score (nSPS) is 11.9. The van der Waals surface area contributed by atoms with E-state index in [1.807, 2.05) is 6.07 Å². The fourth-order valence-corrected chi connectivity index (χ4v) is 1.79. The Bertz CT molecular complexity index is 368. The number of benzene rings is 1. The summed E-state index contributed by atoms with van der Waals surface area (Å²) >= 11 is 5.64. The van der Waals surface area contributed by atoms with Gasteiger partial charge in [-0.25, -0.2) is 0 Å². The number of rotatable bonds is 6. The minimum atomic E-state index is -0.0784. The molecule has 1 atom stereocenters. The number of amides is 1. The van der Waals surface area contributed by atoms with E-state index in [0.29, 0.717) is 29.7 Å². The number of ether oxygens (including phenoxy) is 1. The predicted octanol–water partition coefficient (Wildman–Crippen LogP) is 2.69. The number of nitrogens with one attached hydrogen (secondary N) is 1. The molecule has 1 rings (SSSR count). The van der Waals surface area contributed by atoms with Crippen molar-refractivity contribution in [3.8, 4) is 5.75 Å². The molecule has 0 radical (unpaired) electrons. The third kappa shape index (κ3) is 4.65. The molecule has 94 valence electrons. The van der Waals surface area contributed by atoms with Crippen molar-refractivity contribution in [1.82, 2.24) is 5.32 Å². The van der Waals surface area contributed by atoms with Crippen molar-refractivity contribution >= 4 is 17.5 Å². The number of alkyl halides is 1. The average molecular weight is 256 g/mol. The lowest BCUT2D eigenvalue weighted by Crippen LogP contribution is -2.28. The maximum Gasteiger partial charge on any atom is 0.251 e. The molecule has 0 aliphatic rings. The van der Waals surface area contributed by atoms with Gasteiger partial charge in [-0.15, -0.1) is 11.6 Å². The highest BCUT2D eigenvalue weighted by molar-refractivity contribution is 6.17. The van der Waals surface area contributed by atoms with Crippen molar-refractivity contribution in [1.29, 1.82) is 0 Å². The van der Waals surface area contributed by atoms with Crippen LogP contribution in [0, 0.1) is 5.92 Å². The highest BCUT2D eigenvalue weighted by Gasteiger charge is 2.08. The van der Waals surface area contributed by atoms with Crippen LogP contribution in [0.15, 0.2) is 24.3 Å². The van der Waals surface area contributed by atoms with Crippen LogP contribution >= 0.6 is 11.6 Å². The highest BCUT2D eigenvalue weighted by atomic mass is 35.5. The van der Waals surface area contributed by atoms with E-state index in [-0.39, 0.29) is 5.91 Å². The number of carbonyl (C=O) groups is 1. The van der Waals surface area contributed by atoms with Gasteiger partial charge in [-0.05, 0) is 30.5 Å². The van der Waals surface area contributed by atoms with E-state index in [4.69, 9.17) is 16.3 Å². The first-order valence-corrected chi connectivity index (χ1v) is 6.19. The summed E-state index contributed by atoms with van der Waals surface area (Å²) in [6.07, 6.45) is 0.903. The summed E-state index contributed by atoms with van der Waals surface area (Å²) < 4.78 is 5.07. The Morgan fingerprint density at radius 3 is 2.94 bits per heavy atom. The molecule has 0 spiro atoms. The third-order valence-corrected chi connectivity index (χ3v) is 2.76. The average Bonchev–Trinajstić information content (AvgIpc) is 2.36. The predicted molar refractivity (Wildman–Crippen MR) is 69.8 cm³/mol. The first kappa shape index (κ1) is 13.8. The summed E-state index contributed by atoms with van der Waals surface area (Å²) in [5.74, 6) is 1.62. The quantitative estimate of drug-likeness (QED) is 0.794. The molecule has 0 saturated heterocycles. The van der Waals surface area contributed by atoms with Crippen molar-refractivity contribution < 1.29 is 9.53 Å². The zero-order valence-corrected chi connectivity index (χ0v) is 11.0. The lowest BCUT2D eigenvalue weighted by atomic mass is 10.1. The van der Waals surface area contributed by atoms with Gasteiger partial charge in [0.2, 0.25) is 0 Å². The highest BCUT2D eigenvalue weighted by Crippen LogP contribution is 2.12. The maximum atomic E-state index is 11.8. The molecule has 0 heterocycles. The second kappa shape index (κ2) is 7.17. The molecule has 0 aliphatic carbocycles. The van der Waals surface area contributed by atoms with Crippen LogP contribution in [0.5, 0.6) is 5.75 Å². The molecule has 1 N–H and O–H groups in total. The van der Waals surface area contributed by atoms with Crippen LogP contribution in [-0.4, -0.2) is 25.4 Å². The maximum absolute atomic E-state index is 11.8. The van der Waals surface area contributed by atoms with Gasteiger partial charge in [0.15, 0.2) is 0 Å². The molecule has 0 aliphatic heterocycles. The van der Waals surface area contributed by atoms with Crippen molar-refractivity contribution in [2.45, 2.75) is 13.3 Å². The smallest absolute Gasteiger partial charge is 0.251 e. The Labute approximate surface area is 107 Å². The van der Waals surface area contributed by atoms with E-state index in [1.165, 1.54) is 0 Å². The number of methoxy groups -OCH3 is 1. The zero-order chi connectivity index (χ0) is 12.7. The van der Waals surface area contributed by atoms with Gasteiger partial charge in [0, 0.05) is 18.0 Å². The SMILES string of the molecule is COc1cccc(C(=O)NCC(C)CCCl)c1. The summed E-state index contributed by atoms with van der Waals surface area (Å²) in [5.41, 5.74) is 0.613. The molecule has 4 heteroatoms. The first-order valence-electron chi connectivity index (χ1n) is 5.65. The summed E-state index contributed by atoms with van der Waals surface area (Å²) in [6.45, 7) is 2.71. The Morgan fingerprint density at radius 1 is 1.53 bits per heavy atom. The topological polar surface area (TPSA) is 38.3 Å². The van der Waals surface area contributed by atoms with E-state index >= 15 is 0 Å². The van der Waals surface area contributed by atoms with E-state index in [9.17, 15) is 4.79 Å². The van der Waals surface area contributed by atoms with Gasteiger partial charge < -0.3 is 10.1 Å². The van der Waals surface area contributed by atoms with Crippen LogP contribution in [0.1, 0.15) is 23.7 Å². The van der Waals surface area contributed by atoms with Gasteiger partial charge in [-0.3, -0.25) is 4.79 Å². The second-order valence-electron chi connectivity index (χ2n) is 4.02. The lowest BCUT2D eigenvalue weighted by molar-refractivity contribution is 0.0947. The van der Waals surface area contributed by atoms with Crippen LogP contribution in [0.25, 0.3) is 0 Å². The van der Waals surface area contributed by atoms with Gasteiger partial charge in [0.1, 0.15) is 5.75 Å². The molecular formula is C13H18ClNO2. The van der Waals surface area contributed by atoms with Gasteiger partial charge in [-0.1, -0.05) is 13.0 Å². The molecule has 0 saturated carbocycles. The van der Waals surface area contributed by atoms with Crippen molar-refractivity contribution in [2.75, 3.05) is 19.5 Å². The van der Waals surface area contributed by atoms with E-state index in [0.717, 1.165) is 6.42 Å². The molecule has 1 amide bonds. The number of hydrogen-bond acceptors (Lipinski definition) is 2. The van der Waals surface area contributed by atoms with Crippen LogP contribution in [0.4, 0.5) is 0 Å². The Morgan fingerprint density at radius 2 is 2.29 bits per heavy atom. The number of carbonyl (C=O) groups excluding carboxylic acids is 1.